The third-order valence-corrected chi connectivity index (χ3v) is 3.12. The number of nitro benzene ring substituents is 1. The smallest absolute Gasteiger partial charge is 0.270 e. The van der Waals surface area contributed by atoms with Gasteiger partial charge in [0.05, 0.1) is 4.92 Å². The minimum atomic E-state index is -0.434. The molecule has 0 radical (unpaired) electrons. The first-order valence-corrected chi connectivity index (χ1v) is 6.90. The van der Waals surface area contributed by atoms with Crippen molar-refractivity contribution in [2.75, 3.05) is 13.1 Å². The van der Waals surface area contributed by atoms with Crippen LogP contribution < -0.4 is 5.32 Å². The molecule has 1 heterocycles. The summed E-state index contributed by atoms with van der Waals surface area (Å²) in [6.45, 7) is 5.73. The lowest BCUT2D eigenvalue weighted by atomic mass is 10.1. The van der Waals surface area contributed by atoms with E-state index >= 15 is 0 Å². The van der Waals surface area contributed by atoms with Gasteiger partial charge in [-0.15, -0.1) is 10.2 Å². The van der Waals surface area contributed by atoms with Crippen molar-refractivity contribution >= 4 is 5.69 Å². The summed E-state index contributed by atoms with van der Waals surface area (Å²) in [6.07, 6.45) is 1.59. The number of nitrogens with zero attached hydrogens (tertiary/aromatic N) is 3. The summed E-state index contributed by atoms with van der Waals surface area (Å²) in [5, 5.41) is 22.0. The van der Waals surface area contributed by atoms with Gasteiger partial charge in [0.15, 0.2) is 0 Å². The average Bonchev–Trinajstić information content (AvgIpc) is 2.92. The highest BCUT2D eigenvalue weighted by Crippen LogP contribution is 2.26. The Balaban J connectivity index is 2.13. The molecule has 1 N–H and O–H groups in total. The number of non-ortho nitro benzene ring substituents is 1. The minimum absolute atomic E-state index is 0.0162. The van der Waals surface area contributed by atoms with Crippen molar-refractivity contribution in [3.05, 3.63) is 39.8 Å². The van der Waals surface area contributed by atoms with Gasteiger partial charge in [0.25, 0.3) is 5.69 Å². The molecule has 7 heteroatoms. The first kappa shape index (κ1) is 15.1. The Morgan fingerprint density at radius 1 is 1.38 bits per heavy atom. The number of aromatic nitrogens is 2. The van der Waals surface area contributed by atoms with Crippen molar-refractivity contribution in [1.82, 2.24) is 15.5 Å². The number of hydrogen-bond acceptors (Lipinski definition) is 6. The van der Waals surface area contributed by atoms with Crippen LogP contribution in [0.2, 0.25) is 0 Å². The van der Waals surface area contributed by atoms with Crippen LogP contribution in [-0.2, 0) is 6.42 Å². The van der Waals surface area contributed by atoms with Gasteiger partial charge in [0.2, 0.25) is 11.8 Å². The zero-order chi connectivity index (χ0) is 15.2. The summed E-state index contributed by atoms with van der Waals surface area (Å²) >= 11 is 0. The van der Waals surface area contributed by atoms with Gasteiger partial charge in [-0.05, 0) is 32.0 Å². The summed E-state index contributed by atoms with van der Waals surface area (Å²) in [5.41, 5.74) is 1.49. The fourth-order valence-corrected chi connectivity index (χ4v) is 1.96. The number of benzene rings is 1. The van der Waals surface area contributed by atoms with Crippen LogP contribution in [0.4, 0.5) is 5.69 Å². The van der Waals surface area contributed by atoms with E-state index in [0.717, 1.165) is 25.1 Å². The van der Waals surface area contributed by atoms with E-state index in [2.05, 4.69) is 22.4 Å². The number of hydrogen-bond donors (Lipinski definition) is 1. The topological polar surface area (TPSA) is 94.1 Å². The van der Waals surface area contributed by atoms with Crippen LogP contribution >= 0.6 is 0 Å². The van der Waals surface area contributed by atoms with Crippen LogP contribution in [0.5, 0.6) is 0 Å². The summed E-state index contributed by atoms with van der Waals surface area (Å²) in [5.74, 6) is 0.878. The third-order valence-electron chi connectivity index (χ3n) is 3.12. The second kappa shape index (κ2) is 6.94. The Bertz CT molecular complexity index is 624. The molecule has 0 amide bonds. The summed E-state index contributed by atoms with van der Waals surface area (Å²) < 4.78 is 5.59. The molecule has 0 atom stereocenters. The Kier molecular flexibility index (Phi) is 4.99. The van der Waals surface area contributed by atoms with Crippen molar-refractivity contribution in [1.29, 1.82) is 0 Å². The summed E-state index contributed by atoms with van der Waals surface area (Å²) in [6, 6.07) is 4.61. The molecule has 2 rings (SSSR count). The minimum Gasteiger partial charge on any atom is -0.421 e. The zero-order valence-corrected chi connectivity index (χ0v) is 12.1. The molecular weight excluding hydrogens is 272 g/mol. The van der Waals surface area contributed by atoms with Crippen molar-refractivity contribution in [3.8, 4) is 11.5 Å². The molecule has 7 nitrogen and oxygen atoms in total. The molecule has 21 heavy (non-hydrogen) atoms. The number of rotatable bonds is 7. The highest BCUT2D eigenvalue weighted by molar-refractivity contribution is 5.62. The molecule has 0 saturated heterocycles. The van der Waals surface area contributed by atoms with E-state index in [0.29, 0.717) is 23.8 Å². The van der Waals surface area contributed by atoms with Crippen molar-refractivity contribution in [2.24, 2.45) is 0 Å². The van der Waals surface area contributed by atoms with E-state index in [-0.39, 0.29) is 5.69 Å². The van der Waals surface area contributed by atoms with E-state index in [9.17, 15) is 10.1 Å². The van der Waals surface area contributed by atoms with Gasteiger partial charge in [-0.3, -0.25) is 10.1 Å². The van der Waals surface area contributed by atoms with Crippen LogP contribution in [0.15, 0.2) is 22.6 Å². The SMILES string of the molecule is CCNCCCc1nnc(-c2cc([N+](=O)[O-])ccc2C)o1. The van der Waals surface area contributed by atoms with Gasteiger partial charge in [-0.25, -0.2) is 0 Å². The maximum Gasteiger partial charge on any atom is 0.270 e. The standard InChI is InChI=1S/C14H18N4O3/c1-3-15-8-4-5-13-16-17-14(21-13)12-9-11(18(19)20)7-6-10(12)2/h6-7,9,15H,3-5,8H2,1-2H3. The maximum atomic E-state index is 10.8. The van der Waals surface area contributed by atoms with Crippen molar-refractivity contribution in [2.45, 2.75) is 26.7 Å². The van der Waals surface area contributed by atoms with Gasteiger partial charge < -0.3 is 9.73 Å². The molecule has 2 aromatic rings. The van der Waals surface area contributed by atoms with Gasteiger partial charge in [0.1, 0.15) is 0 Å². The Morgan fingerprint density at radius 3 is 2.90 bits per heavy atom. The highest BCUT2D eigenvalue weighted by Gasteiger charge is 2.15. The first-order valence-electron chi connectivity index (χ1n) is 6.90. The zero-order valence-electron chi connectivity index (χ0n) is 12.1. The fourth-order valence-electron chi connectivity index (χ4n) is 1.96. The predicted octanol–water partition coefficient (Wildman–Crippen LogP) is 2.50. The van der Waals surface area contributed by atoms with Crippen molar-refractivity contribution < 1.29 is 9.34 Å². The van der Waals surface area contributed by atoms with Crippen LogP contribution in [0.1, 0.15) is 24.8 Å². The summed E-state index contributed by atoms with van der Waals surface area (Å²) in [4.78, 5) is 10.4. The van der Waals surface area contributed by atoms with E-state index in [1.165, 1.54) is 12.1 Å². The molecule has 1 aromatic heterocycles. The van der Waals surface area contributed by atoms with Crippen LogP contribution in [0.25, 0.3) is 11.5 Å². The normalized spacial score (nSPS) is 10.8. The van der Waals surface area contributed by atoms with E-state index in [1.54, 1.807) is 6.07 Å². The van der Waals surface area contributed by atoms with Gasteiger partial charge in [0, 0.05) is 24.1 Å². The van der Waals surface area contributed by atoms with Crippen molar-refractivity contribution in [3.63, 3.8) is 0 Å². The fraction of sp³-hybridized carbons (Fsp3) is 0.429. The number of nitrogens with one attached hydrogen (secondary N) is 1. The van der Waals surface area contributed by atoms with Crippen LogP contribution in [-0.4, -0.2) is 28.2 Å². The van der Waals surface area contributed by atoms with Crippen LogP contribution in [0.3, 0.4) is 0 Å². The molecule has 0 unspecified atom stereocenters. The quantitative estimate of drug-likeness (QED) is 0.478. The van der Waals surface area contributed by atoms with Gasteiger partial charge in [-0.2, -0.15) is 0 Å². The lowest BCUT2D eigenvalue weighted by molar-refractivity contribution is -0.384. The Hall–Kier alpha value is -2.28. The second-order valence-corrected chi connectivity index (χ2v) is 4.71. The van der Waals surface area contributed by atoms with Crippen LogP contribution in [0, 0.1) is 17.0 Å². The lowest BCUT2D eigenvalue weighted by Gasteiger charge is -2.00. The lowest BCUT2D eigenvalue weighted by Crippen LogP contribution is -2.14. The molecule has 0 aliphatic carbocycles. The average molecular weight is 290 g/mol. The molecular formula is C14H18N4O3. The van der Waals surface area contributed by atoms with E-state index < -0.39 is 4.92 Å². The molecule has 0 aliphatic rings. The molecule has 0 fully saturated rings. The molecule has 0 saturated carbocycles. The number of nitro groups is 1. The molecule has 0 bridgehead atoms. The van der Waals surface area contributed by atoms with E-state index in [4.69, 9.17) is 4.42 Å². The van der Waals surface area contributed by atoms with E-state index in [1.807, 2.05) is 6.92 Å². The molecule has 112 valence electrons. The number of aryl methyl sites for hydroxylation is 2. The largest absolute Gasteiger partial charge is 0.421 e. The molecule has 1 aromatic carbocycles. The second-order valence-electron chi connectivity index (χ2n) is 4.71. The highest BCUT2D eigenvalue weighted by atomic mass is 16.6. The Labute approximate surface area is 122 Å². The first-order chi connectivity index (χ1) is 10.1. The maximum absolute atomic E-state index is 10.8. The predicted molar refractivity (Wildman–Crippen MR) is 78.0 cm³/mol. The monoisotopic (exact) mass is 290 g/mol. The van der Waals surface area contributed by atoms with Gasteiger partial charge in [-0.1, -0.05) is 13.0 Å². The Morgan fingerprint density at radius 2 is 2.19 bits per heavy atom. The van der Waals surface area contributed by atoms with Gasteiger partial charge >= 0.3 is 0 Å². The molecule has 0 spiro atoms. The third kappa shape index (κ3) is 3.85. The molecule has 0 aliphatic heterocycles. The summed E-state index contributed by atoms with van der Waals surface area (Å²) in [7, 11) is 0.